The lowest BCUT2D eigenvalue weighted by atomic mass is 9.75. The predicted octanol–water partition coefficient (Wildman–Crippen LogP) is 3.90. The van der Waals surface area contributed by atoms with E-state index in [1.54, 1.807) is 0 Å². The van der Waals surface area contributed by atoms with Crippen molar-refractivity contribution >= 4 is 5.82 Å². The minimum Gasteiger partial charge on any atom is -0.357 e. The van der Waals surface area contributed by atoms with E-state index in [1.807, 2.05) is 0 Å². The second-order valence-corrected chi connectivity index (χ2v) is 7.26. The third-order valence-corrected chi connectivity index (χ3v) is 4.80. The smallest absolute Gasteiger partial charge is 0.129 e. The molecule has 0 unspecified atom stereocenters. The van der Waals surface area contributed by atoms with Gasteiger partial charge in [-0.05, 0) is 62.3 Å². The van der Waals surface area contributed by atoms with Crippen molar-refractivity contribution < 1.29 is 0 Å². The summed E-state index contributed by atoms with van der Waals surface area (Å²) in [5, 5.41) is 3.40. The number of anilines is 1. The summed E-state index contributed by atoms with van der Waals surface area (Å²) in [4.78, 5) is 7.15. The highest BCUT2D eigenvalue weighted by Gasteiger charge is 2.29. The SMILES string of the molecule is CCNCc1cc(C)nc(N(C)C2CCC(C)(C)CC2)c1. The first-order valence-electron chi connectivity index (χ1n) is 8.32. The first-order chi connectivity index (χ1) is 9.91. The molecule has 0 aromatic carbocycles. The van der Waals surface area contributed by atoms with Gasteiger partial charge < -0.3 is 10.2 Å². The predicted molar refractivity (Wildman–Crippen MR) is 90.8 cm³/mol. The van der Waals surface area contributed by atoms with Crippen LogP contribution >= 0.6 is 0 Å². The molecular weight excluding hydrogens is 258 g/mol. The van der Waals surface area contributed by atoms with Crippen LogP contribution in [0.2, 0.25) is 0 Å². The van der Waals surface area contributed by atoms with E-state index in [0.717, 1.165) is 24.6 Å². The van der Waals surface area contributed by atoms with Crippen molar-refractivity contribution in [2.75, 3.05) is 18.5 Å². The molecular formula is C18H31N3. The number of hydrogen-bond donors (Lipinski definition) is 1. The third kappa shape index (κ3) is 4.44. The van der Waals surface area contributed by atoms with Gasteiger partial charge >= 0.3 is 0 Å². The summed E-state index contributed by atoms with van der Waals surface area (Å²) in [6, 6.07) is 5.07. The molecule has 1 aromatic heterocycles. The van der Waals surface area contributed by atoms with Gasteiger partial charge in [0, 0.05) is 25.3 Å². The van der Waals surface area contributed by atoms with Crippen LogP contribution in [0, 0.1) is 12.3 Å². The molecule has 3 heteroatoms. The van der Waals surface area contributed by atoms with Gasteiger partial charge in [-0.15, -0.1) is 0 Å². The van der Waals surface area contributed by atoms with Crippen LogP contribution in [0.15, 0.2) is 12.1 Å². The van der Waals surface area contributed by atoms with Crippen LogP contribution in [0.3, 0.4) is 0 Å². The second kappa shape index (κ2) is 6.78. The molecule has 0 atom stereocenters. The molecule has 1 heterocycles. The summed E-state index contributed by atoms with van der Waals surface area (Å²) in [5.41, 5.74) is 2.97. The lowest BCUT2D eigenvalue weighted by Crippen LogP contribution is -2.37. The van der Waals surface area contributed by atoms with Gasteiger partial charge in [0.2, 0.25) is 0 Å². The molecule has 2 rings (SSSR count). The maximum atomic E-state index is 4.75. The minimum absolute atomic E-state index is 0.521. The van der Waals surface area contributed by atoms with Crippen molar-refractivity contribution in [3.05, 3.63) is 23.4 Å². The van der Waals surface area contributed by atoms with Crippen molar-refractivity contribution in [2.45, 2.75) is 66.0 Å². The minimum atomic E-state index is 0.521. The van der Waals surface area contributed by atoms with Crippen molar-refractivity contribution in [1.29, 1.82) is 0 Å². The van der Waals surface area contributed by atoms with E-state index in [4.69, 9.17) is 4.98 Å². The number of aryl methyl sites for hydroxylation is 1. The highest BCUT2D eigenvalue weighted by molar-refractivity contribution is 5.43. The van der Waals surface area contributed by atoms with Crippen LogP contribution in [-0.2, 0) is 6.54 Å². The van der Waals surface area contributed by atoms with Crippen molar-refractivity contribution in [3.63, 3.8) is 0 Å². The maximum Gasteiger partial charge on any atom is 0.129 e. The molecule has 1 saturated carbocycles. The summed E-state index contributed by atoms with van der Waals surface area (Å²) >= 11 is 0. The van der Waals surface area contributed by atoms with Crippen LogP contribution in [0.1, 0.15) is 57.7 Å². The molecule has 0 radical (unpaired) electrons. The van der Waals surface area contributed by atoms with E-state index >= 15 is 0 Å². The van der Waals surface area contributed by atoms with E-state index < -0.39 is 0 Å². The molecule has 1 aliphatic rings. The molecule has 0 aliphatic heterocycles. The van der Waals surface area contributed by atoms with E-state index in [9.17, 15) is 0 Å². The van der Waals surface area contributed by atoms with E-state index in [0.29, 0.717) is 11.5 Å². The molecule has 0 amide bonds. The molecule has 0 spiro atoms. The van der Waals surface area contributed by atoms with Gasteiger partial charge in [-0.3, -0.25) is 0 Å². The molecule has 0 bridgehead atoms. The first-order valence-corrected chi connectivity index (χ1v) is 8.32. The quantitative estimate of drug-likeness (QED) is 0.891. The van der Waals surface area contributed by atoms with Crippen LogP contribution in [0.25, 0.3) is 0 Å². The second-order valence-electron chi connectivity index (χ2n) is 7.26. The Kier molecular flexibility index (Phi) is 5.26. The zero-order valence-electron chi connectivity index (χ0n) is 14.4. The largest absolute Gasteiger partial charge is 0.357 e. The molecule has 1 aromatic rings. The standard InChI is InChI=1S/C18H31N3/c1-6-19-13-15-11-14(2)20-17(12-15)21(5)16-7-9-18(3,4)10-8-16/h11-12,16,19H,6-10,13H2,1-5H3. The van der Waals surface area contributed by atoms with Gasteiger partial charge in [0.15, 0.2) is 0 Å². The number of pyridine rings is 1. The molecule has 1 aliphatic carbocycles. The monoisotopic (exact) mass is 289 g/mol. The van der Waals surface area contributed by atoms with E-state index in [2.05, 4.69) is 57.1 Å². The average molecular weight is 289 g/mol. The zero-order chi connectivity index (χ0) is 15.5. The highest BCUT2D eigenvalue weighted by atomic mass is 15.2. The molecule has 118 valence electrons. The summed E-state index contributed by atoms with van der Waals surface area (Å²) < 4.78 is 0. The van der Waals surface area contributed by atoms with E-state index in [-0.39, 0.29) is 0 Å². The van der Waals surface area contributed by atoms with Gasteiger partial charge in [-0.25, -0.2) is 4.98 Å². The average Bonchev–Trinajstić information content (AvgIpc) is 2.44. The fourth-order valence-corrected chi connectivity index (χ4v) is 3.23. The molecule has 1 fully saturated rings. The number of hydrogen-bond acceptors (Lipinski definition) is 3. The third-order valence-electron chi connectivity index (χ3n) is 4.80. The topological polar surface area (TPSA) is 28.2 Å². The van der Waals surface area contributed by atoms with Gasteiger partial charge in [0.1, 0.15) is 5.82 Å². The Morgan fingerprint density at radius 2 is 1.95 bits per heavy atom. The maximum absolute atomic E-state index is 4.75. The summed E-state index contributed by atoms with van der Waals surface area (Å²) in [5.74, 6) is 1.13. The molecule has 3 nitrogen and oxygen atoms in total. The molecule has 21 heavy (non-hydrogen) atoms. The Morgan fingerprint density at radius 3 is 2.57 bits per heavy atom. The highest BCUT2D eigenvalue weighted by Crippen LogP contribution is 2.37. The number of aromatic nitrogens is 1. The van der Waals surface area contributed by atoms with Gasteiger partial charge in [0.05, 0.1) is 0 Å². The number of nitrogens with zero attached hydrogens (tertiary/aromatic N) is 2. The van der Waals surface area contributed by atoms with E-state index in [1.165, 1.54) is 31.2 Å². The Bertz CT molecular complexity index is 458. The lowest BCUT2D eigenvalue weighted by Gasteiger charge is -2.39. The Labute approximate surface area is 130 Å². The van der Waals surface area contributed by atoms with Gasteiger partial charge in [0.25, 0.3) is 0 Å². The Balaban J connectivity index is 2.08. The van der Waals surface area contributed by atoms with Gasteiger partial charge in [-0.2, -0.15) is 0 Å². The Morgan fingerprint density at radius 1 is 1.29 bits per heavy atom. The van der Waals surface area contributed by atoms with Crippen LogP contribution < -0.4 is 10.2 Å². The summed E-state index contributed by atoms with van der Waals surface area (Å²) in [7, 11) is 2.21. The van der Waals surface area contributed by atoms with Crippen LogP contribution in [0.4, 0.5) is 5.82 Å². The first kappa shape index (κ1) is 16.3. The Hall–Kier alpha value is -1.09. The van der Waals surface area contributed by atoms with Crippen LogP contribution in [0.5, 0.6) is 0 Å². The fourth-order valence-electron chi connectivity index (χ4n) is 3.23. The van der Waals surface area contributed by atoms with Crippen molar-refractivity contribution in [3.8, 4) is 0 Å². The summed E-state index contributed by atoms with van der Waals surface area (Å²) in [6.07, 6.45) is 5.19. The summed E-state index contributed by atoms with van der Waals surface area (Å²) in [6.45, 7) is 11.0. The van der Waals surface area contributed by atoms with Crippen LogP contribution in [-0.4, -0.2) is 24.6 Å². The normalized spacial score (nSPS) is 18.7. The van der Waals surface area contributed by atoms with Crippen molar-refractivity contribution in [2.24, 2.45) is 5.41 Å². The molecule has 0 saturated heterocycles. The molecule has 1 N–H and O–H groups in total. The van der Waals surface area contributed by atoms with Crippen molar-refractivity contribution in [1.82, 2.24) is 10.3 Å². The zero-order valence-corrected chi connectivity index (χ0v) is 14.4. The lowest BCUT2D eigenvalue weighted by molar-refractivity contribution is 0.222. The fraction of sp³-hybridized carbons (Fsp3) is 0.722. The van der Waals surface area contributed by atoms with Gasteiger partial charge in [-0.1, -0.05) is 20.8 Å². The number of nitrogens with one attached hydrogen (secondary N) is 1. The number of rotatable bonds is 5.